The Labute approximate surface area is 122 Å². The van der Waals surface area contributed by atoms with Gasteiger partial charge in [-0.1, -0.05) is 12.1 Å². The number of piperazine rings is 1. The SMILES string of the molecule is O=C1CN(c2ccccc2F)CC(=O)N1C1CCNCC1. The van der Waals surface area contributed by atoms with Crippen LogP contribution >= 0.6 is 0 Å². The summed E-state index contributed by atoms with van der Waals surface area (Å²) < 4.78 is 13.8. The Morgan fingerprint density at radius 2 is 1.67 bits per heavy atom. The molecular weight excluding hydrogens is 273 g/mol. The number of amides is 2. The summed E-state index contributed by atoms with van der Waals surface area (Å²) in [5, 5.41) is 3.22. The quantitative estimate of drug-likeness (QED) is 0.817. The van der Waals surface area contributed by atoms with Crippen LogP contribution in [0.15, 0.2) is 24.3 Å². The van der Waals surface area contributed by atoms with E-state index in [2.05, 4.69) is 5.32 Å². The molecule has 2 amide bonds. The molecule has 0 atom stereocenters. The van der Waals surface area contributed by atoms with Gasteiger partial charge in [0.1, 0.15) is 5.82 Å². The van der Waals surface area contributed by atoms with Gasteiger partial charge in [-0.2, -0.15) is 0 Å². The third-order valence-corrected chi connectivity index (χ3v) is 4.06. The first kappa shape index (κ1) is 14.0. The molecule has 2 fully saturated rings. The van der Waals surface area contributed by atoms with E-state index in [0.717, 1.165) is 25.9 Å². The molecule has 0 aliphatic carbocycles. The standard InChI is InChI=1S/C15H18FN3O2/c16-12-3-1-2-4-13(12)18-9-14(20)19(15(21)10-18)11-5-7-17-8-6-11/h1-4,11,17H,5-10H2. The Bertz CT molecular complexity index is 540. The molecule has 112 valence electrons. The number of carbonyl (C=O) groups excluding carboxylic acids is 2. The van der Waals surface area contributed by atoms with Crippen molar-refractivity contribution < 1.29 is 14.0 Å². The molecule has 2 aliphatic heterocycles. The van der Waals surface area contributed by atoms with Crippen molar-refractivity contribution in [2.45, 2.75) is 18.9 Å². The number of imide groups is 1. The molecule has 21 heavy (non-hydrogen) atoms. The molecule has 0 unspecified atom stereocenters. The highest BCUT2D eigenvalue weighted by Crippen LogP contribution is 2.23. The van der Waals surface area contributed by atoms with Crippen LogP contribution in [0, 0.1) is 5.82 Å². The fourth-order valence-electron chi connectivity index (χ4n) is 3.02. The minimum atomic E-state index is -0.409. The number of hydrogen-bond acceptors (Lipinski definition) is 4. The number of piperidine rings is 1. The number of hydrogen-bond donors (Lipinski definition) is 1. The Hall–Kier alpha value is -1.95. The van der Waals surface area contributed by atoms with Crippen molar-refractivity contribution in [1.82, 2.24) is 10.2 Å². The monoisotopic (exact) mass is 291 g/mol. The number of rotatable bonds is 2. The van der Waals surface area contributed by atoms with Crippen molar-refractivity contribution in [3.8, 4) is 0 Å². The van der Waals surface area contributed by atoms with E-state index in [4.69, 9.17) is 0 Å². The fourth-order valence-corrected chi connectivity index (χ4v) is 3.02. The number of halogens is 1. The van der Waals surface area contributed by atoms with Crippen molar-refractivity contribution in [3.05, 3.63) is 30.1 Å². The summed E-state index contributed by atoms with van der Waals surface area (Å²) in [6, 6.07) is 6.20. The zero-order valence-electron chi connectivity index (χ0n) is 11.7. The predicted molar refractivity (Wildman–Crippen MR) is 76.4 cm³/mol. The third-order valence-electron chi connectivity index (χ3n) is 4.06. The summed E-state index contributed by atoms with van der Waals surface area (Å²) >= 11 is 0. The number of carbonyl (C=O) groups is 2. The largest absolute Gasteiger partial charge is 0.351 e. The lowest BCUT2D eigenvalue weighted by Crippen LogP contribution is -2.59. The van der Waals surface area contributed by atoms with Crippen LogP contribution in [0.5, 0.6) is 0 Å². The molecule has 2 heterocycles. The summed E-state index contributed by atoms with van der Waals surface area (Å²) in [6.07, 6.45) is 1.58. The van der Waals surface area contributed by atoms with Crippen molar-refractivity contribution in [2.75, 3.05) is 31.1 Å². The zero-order chi connectivity index (χ0) is 14.8. The van der Waals surface area contributed by atoms with E-state index in [-0.39, 0.29) is 30.9 Å². The third kappa shape index (κ3) is 2.76. The van der Waals surface area contributed by atoms with Gasteiger partial charge in [-0.05, 0) is 38.1 Å². The number of anilines is 1. The lowest BCUT2D eigenvalue weighted by molar-refractivity contribution is -0.148. The Morgan fingerprint density at radius 1 is 1.05 bits per heavy atom. The molecule has 5 nitrogen and oxygen atoms in total. The highest BCUT2D eigenvalue weighted by atomic mass is 19.1. The second-order valence-corrected chi connectivity index (χ2v) is 5.45. The maximum Gasteiger partial charge on any atom is 0.249 e. The predicted octanol–water partition coefficient (Wildman–Crippen LogP) is 0.753. The van der Waals surface area contributed by atoms with Gasteiger partial charge in [0, 0.05) is 6.04 Å². The summed E-state index contributed by atoms with van der Waals surface area (Å²) in [4.78, 5) is 27.5. The Kier molecular flexibility index (Phi) is 3.88. The molecule has 0 bridgehead atoms. The van der Waals surface area contributed by atoms with Crippen molar-refractivity contribution in [3.63, 3.8) is 0 Å². The first-order valence-corrected chi connectivity index (χ1v) is 7.22. The van der Waals surface area contributed by atoms with Crippen LogP contribution in [-0.4, -0.2) is 48.9 Å². The van der Waals surface area contributed by atoms with Crippen LogP contribution in [0.4, 0.5) is 10.1 Å². The molecule has 0 radical (unpaired) electrons. The van der Waals surface area contributed by atoms with E-state index in [1.807, 2.05) is 0 Å². The molecule has 1 aromatic rings. The topological polar surface area (TPSA) is 52.7 Å². The number of nitrogens with zero attached hydrogens (tertiary/aromatic N) is 2. The number of para-hydroxylation sites is 1. The molecule has 6 heteroatoms. The van der Waals surface area contributed by atoms with E-state index < -0.39 is 5.82 Å². The molecule has 0 aromatic heterocycles. The van der Waals surface area contributed by atoms with Gasteiger partial charge >= 0.3 is 0 Å². The van der Waals surface area contributed by atoms with E-state index in [9.17, 15) is 14.0 Å². The van der Waals surface area contributed by atoms with Crippen molar-refractivity contribution in [1.29, 1.82) is 0 Å². The van der Waals surface area contributed by atoms with Crippen LogP contribution in [0.2, 0.25) is 0 Å². The Balaban J connectivity index is 1.76. The van der Waals surface area contributed by atoms with E-state index in [1.165, 1.54) is 15.9 Å². The van der Waals surface area contributed by atoms with Crippen LogP contribution < -0.4 is 10.2 Å². The van der Waals surface area contributed by atoms with Crippen LogP contribution in [0.25, 0.3) is 0 Å². The fraction of sp³-hybridized carbons (Fsp3) is 0.467. The van der Waals surface area contributed by atoms with Gasteiger partial charge in [-0.15, -0.1) is 0 Å². The maximum absolute atomic E-state index is 13.8. The summed E-state index contributed by atoms with van der Waals surface area (Å²) in [6.45, 7) is 1.74. The second kappa shape index (κ2) is 5.81. The summed E-state index contributed by atoms with van der Waals surface area (Å²) in [7, 11) is 0. The van der Waals surface area contributed by atoms with Crippen molar-refractivity contribution in [2.24, 2.45) is 0 Å². The molecule has 0 spiro atoms. The smallest absolute Gasteiger partial charge is 0.249 e. The van der Waals surface area contributed by atoms with Crippen LogP contribution in [-0.2, 0) is 9.59 Å². The molecule has 1 N–H and O–H groups in total. The molecule has 2 aliphatic rings. The van der Waals surface area contributed by atoms with E-state index >= 15 is 0 Å². The van der Waals surface area contributed by atoms with Gasteiger partial charge in [0.2, 0.25) is 11.8 Å². The van der Waals surface area contributed by atoms with Gasteiger partial charge < -0.3 is 10.2 Å². The zero-order valence-corrected chi connectivity index (χ0v) is 11.7. The average molecular weight is 291 g/mol. The molecular formula is C15H18FN3O2. The number of nitrogens with one attached hydrogen (secondary N) is 1. The molecule has 0 saturated carbocycles. The molecule has 1 aromatic carbocycles. The first-order chi connectivity index (χ1) is 10.2. The second-order valence-electron chi connectivity index (χ2n) is 5.45. The van der Waals surface area contributed by atoms with Gasteiger partial charge in [0.15, 0.2) is 0 Å². The van der Waals surface area contributed by atoms with Crippen LogP contribution in [0.1, 0.15) is 12.8 Å². The molecule has 2 saturated heterocycles. The van der Waals surface area contributed by atoms with Gasteiger partial charge in [-0.3, -0.25) is 14.5 Å². The highest BCUT2D eigenvalue weighted by Gasteiger charge is 2.36. The summed E-state index contributed by atoms with van der Waals surface area (Å²) in [5.74, 6) is -0.878. The highest BCUT2D eigenvalue weighted by molar-refractivity contribution is 6.03. The first-order valence-electron chi connectivity index (χ1n) is 7.22. The summed E-state index contributed by atoms with van der Waals surface area (Å²) in [5.41, 5.74) is 0.309. The normalized spacial score (nSPS) is 21.0. The van der Waals surface area contributed by atoms with Gasteiger partial charge in [-0.25, -0.2) is 4.39 Å². The van der Waals surface area contributed by atoms with Crippen molar-refractivity contribution >= 4 is 17.5 Å². The minimum absolute atomic E-state index is 0.0194. The Morgan fingerprint density at radius 3 is 2.29 bits per heavy atom. The number of benzene rings is 1. The van der Waals surface area contributed by atoms with E-state index in [1.54, 1.807) is 18.2 Å². The van der Waals surface area contributed by atoms with E-state index in [0.29, 0.717) is 5.69 Å². The van der Waals surface area contributed by atoms with Gasteiger partial charge in [0.25, 0.3) is 0 Å². The lowest BCUT2D eigenvalue weighted by atomic mass is 10.0. The van der Waals surface area contributed by atoms with Gasteiger partial charge in [0.05, 0.1) is 18.8 Å². The lowest BCUT2D eigenvalue weighted by Gasteiger charge is -2.39. The average Bonchev–Trinajstić information content (AvgIpc) is 2.48. The minimum Gasteiger partial charge on any atom is -0.351 e. The maximum atomic E-state index is 13.8. The molecule has 3 rings (SSSR count). The van der Waals surface area contributed by atoms with Crippen LogP contribution in [0.3, 0.4) is 0 Å².